The Morgan fingerprint density at radius 3 is 2.83 bits per heavy atom. The number of rotatable bonds is 7. The molecule has 0 radical (unpaired) electrons. The first-order valence-electron chi connectivity index (χ1n) is 7.95. The molecular weight excluding hydrogens is 332 g/mol. The summed E-state index contributed by atoms with van der Waals surface area (Å²) >= 11 is 6.10. The number of halogens is 1. The minimum atomic E-state index is -0.543. The Labute approximate surface area is 146 Å². The lowest BCUT2D eigenvalue weighted by Gasteiger charge is -2.17. The maximum Gasteiger partial charge on any atom is 0.311 e. The van der Waals surface area contributed by atoms with E-state index in [0.29, 0.717) is 18.1 Å². The molecule has 1 aliphatic rings. The lowest BCUT2D eigenvalue weighted by Crippen LogP contribution is -2.31. The molecule has 0 bridgehead atoms. The zero-order valence-electron chi connectivity index (χ0n) is 13.6. The fraction of sp³-hybridized carbons (Fsp3) is 0.471. The van der Waals surface area contributed by atoms with Crippen LogP contribution in [0.3, 0.4) is 0 Å². The predicted octanol–water partition coefficient (Wildman–Crippen LogP) is 1.76. The van der Waals surface area contributed by atoms with Crippen LogP contribution >= 0.6 is 11.6 Å². The van der Waals surface area contributed by atoms with Crippen molar-refractivity contribution in [2.75, 3.05) is 19.7 Å². The average Bonchev–Trinajstić information content (AvgIpc) is 2.93. The molecule has 0 aliphatic carbocycles. The average molecular weight is 353 g/mol. The minimum Gasteiger partial charge on any atom is -0.455 e. The first kappa shape index (κ1) is 18.3. The summed E-state index contributed by atoms with van der Waals surface area (Å²) in [6.45, 7) is 2.81. The Morgan fingerprint density at radius 1 is 1.38 bits per heavy atom. The van der Waals surface area contributed by atoms with Crippen LogP contribution < -0.4 is 5.32 Å². The molecule has 0 unspecified atom stereocenters. The summed E-state index contributed by atoms with van der Waals surface area (Å²) in [5.41, 5.74) is 0.834. The van der Waals surface area contributed by atoms with Gasteiger partial charge in [-0.15, -0.1) is 0 Å². The zero-order chi connectivity index (χ0) is 17.5. The summed E-state index contributed by atoms with van der Waals surface area (Å²) in [4.78, 5) is 37.1. The smallest absolute Gasteiger partial charge is 0.311 e. The van der Waals surface area contributed by atoms with E-state index in [4.69, 9.17) is 16.3 Å². The van der Waals surface area contributed by atoms with Crippen molar-refractivity contribution < 1.29 is 19.1 Å². The first-order valence-corrected chi connectivity index (χ1v) is 8.33. The Bertz CT molecular complexity index is 620. The van der Waals surface area contributed by atoms with Crippen molar-refractivity contribution >= 4 is 29.4 Å². The maximum absolute atomic E-state index is 12.1. The van der Waals surface area contributed by atoms with E-state index in [9.17, 15) is 14.4 Å². The van der Waals surface area contributed by atoms with Crippen molar-refractivity contribution in [1.82, 2.24) is 10.2 Å². The number of benzene rings is 1. The summed E-state index contributed by atoms with van der Waals surface area (Å²) in [7, 11) is 0. The van der Waals surface area contributed by atoms with Crippen LogP contribution in [0.25, 0.3) is 0 Å². The number of esters is 1. The first-order chi connectivity index (χ1) is 11.5. The van der Waals surface area contributed by atoms with Crippen molar-refractivity contribution in [3.63, 3.8) is 0 Å². The molecule has 1 atom stereocenters. The van der Waals surface area contributed by atoms with E-state index in [2.05, 4.69) is 5.32 Å². The number of nitrogens with one attached hydrogen (secondary N) is 1. The van der Waals surface area contributed by atoms with Crippen molar-refractivity contribution in [3.8, 4) is 0 Å². The standard InChI is InChI=1S/C17H21ClN2O4/c1-2-7-19-15(21)11-24-17(23)13-8-16(22)20(10-13)9-12-5-3-4-6-14(12)18/h3-6,13H,2,7-11H2,1H3,(H,19,21)/t13-/m0/s1. The topological polar surface area (TPSA) is 75.7 Å². The van der Waals surface area contributed by atoms with Crippen LogP contribution in [0.5, 0.6) is 0 Å². The molecule has 0 aromatic heterocycles. The fourth-order valence-corrected chi connectivity index (χ4v) is 2.68. The molecule has 1 aromatic carbocycles. The van der Waals surface area contributed by atoms with E-state index in [0.717, 1.165) is 12.0 Å². The van der Waals surface area contributed by atoms with Gasteiger partial charge in [-0.2, -0.15) is 0 Å². The lowest BCUT2D eigenvalue weighted by atomic mass is 10.1. The highest BCUT2D eigenvalue weighted by Gasteiger charge is 2.35. The molecule has 6 nitrogen and oxygen atoms in total. The molecule has 2 rings (SSSR count). The van der Waals surface area contributed by atoms with Gasteiger partial charge in [0.15, 0.2) is 6.61 Å². The van der Waals surface area contributed by atoms with Crippen LogP contribution in [-0.4, -0.2) is 42.4 Å². The largest absolute Gasteiger partial charge is 0.455 e. The number of hydrogen-bond acceptors (Lipinski definition) is 4. The van der Waals surface area contributed by atoms with Gasteiger partial charge >= 0.3 is 5.97 Å². The molecule has 24 heavy (non-hydrogen) atoms. The second kappa shape index (κ2) is 8.68. The van der Waals surface area contributed by atoms with Gasteiger partial charge in [0.05, 0.1) is 5.92 Å². The Kier molecular flexibility index (Phi) is 6.61. The number of amides is 2. The van der Waals surface area contributed by atoms with Gasteiger partial charge in [-0.1, -0.05) is 36.7 Å². The molecule has 0 saturated carbocycles. The molecule has 1 N–H and O–H groups in total. The highest BCUT2D eigenvalue weighted by molar-refractivity contribution is 6.31. The monoisotopic (exact) mass is 352 g/mol. The Hall–Kier alpha value is -2.08. The second-order valence-corrected chi connectivity index (χ2v) is 6.13. The highest BCUT2D eigenvalue weighted by atomic mass is 35.5. The van der Waals surface area contributed by atoms with Gasteiger partial charge in [-0.05, 0) is 18.1 Å². The number of hydrogen-bond donors (Lipinski definition) is 1. The molecule has 1 saturated heterocycles. The van der Waals surface area contributed by atoms with E-state index in [1.807, 2.05) is 25.1 Å². The van der Waals surface area contributed by atoms with E-state index in [-0.39, 0.29) is 31.4 Å². The van der Waals surface area contributed by atoms with E-state index < -0.39 is 11.9 Å². The molecule has 1 aliphatic heterocycles. The highest BCUT2D eigenvalue weighted by Crippen LogP contribution is 2.24. The molecule has 0 spiro atoms. The number of carbonyl (C=O) groups excluding carboxylic acids is 3. The molecule has 130 valence electrons. The van der Waals surface area contributed by atoms with Gasteiger partial charge in [0.25, 0.3) is 5.91 Å². The van der Waals surface area contributed by atoms with Crippen molar-refractivity contribution in [2.24, 2.45) is 5.92 Å². The van der Waals surface area contributed by atoms with Gasteiger partial charge in [0.2, 0.25) is 5.91 Å². The van der Waals surface area contributed by atoms with Crippen LogP contribution in [0.2, 0.25) is 5.02 Å². The number of carbonyl (C=O) groups is 3. The van der Waals surface area contributed by atoms with Gasteiger partial charge in [0, 0.05) is 31.1 Å². The van der Waals surface area contributed by atoms with Gasteiger partial charge < -0.3 is 15.0 Å². The zero-order valence-corrected chi connectivity index (χ0v) is 14.3. The minimum absolute atomic E-state index is 0.0971. The molecule has 1 heterocycles. The number of ether oxygens (including phenoxy) is 1. The van der Waals surface area contributed by atoms with Gasteiger partial charge in [-0.3, -0.25) is 14.4 Å². The normalized spacial score (nSPS) is 17.0. The van der Waals surface area contributed by atoms with Crippen molar-refractivity contribution in [3.05, 3.63) is 34.9 Å². The van der Waals surface area contributed by atoms with Gasteiger partial charge in [-0.25, -0.2) is 0 Å². The third kappa shape index (κ3) is 4.96. The molecular formula is C17H21ClN2O4. The fourth-order valence-electron chi connectivity index (χ4n) is 2.49. The maximum atomic E-state index is 12.1. The summed E-state index contributed by atoms with van der Waals surface area (Å²) in [6, 6.07) is 7.28. The van der Waals surface area contributed by atoms with Crippen LogP contribution in [0.4, 0.5) is 0 Å². The summed E-state index contributed by atoms with van der Waals surface area (Å²) in [5, 5.41) is 3.21. The number of likely N-dealkylation sites (tertiary alicyclic amines) is 1. The summed E-state index contributed by atoms with van der Waals surface area (Å²) < 4.78 is 5.00. The molecule has 1 fully saturated rings. The van der Waals surface area contributed by atoms with E-state index >= 15 is 0 Å². The van der Waals surface area contributed by atoms with E-state index in [1.165, 1.54) is 0 Å². The van der Waals surface area contributed by atoms with E-state index in [1.54, 1.807) is 11.0 Å². The molecule has 2 amide bonds. The summed E-state index contributed by atoms with van der Waals surface area (Å²) in [5.74, 6) is -1.51. The Balaban J connectivity index is 1.84. The van der Waals surface area contributed by atoms with Crippen molar-refractivity contribution in [2.45, 2.75) is 26.3 Å². The Morgan fingerprint density at radius 2 is 2.12 bits per heavy atom. The summed E-state index contributed by atoms with van der Waals surface area (Å²) in [6.07, 6.45) is 0.910. The predicted molar refractivity (Wildman–Crippen MR) is 89.2 cm³/mol. The lowest BCUT2D eigenvalue weighted by molar-refractivity contribution is -0.152. The quantitative estimate of drug-likeness (QED) is 0.759. The second-order valence-electron chi connectivity index (χ2n) is 5.72. The van der Waals surface area contributed by atoms with Crippen LogP contribution in [-0.2, 0) is 25.7 Å². The van der Waals surface area contributed by atoms with Crippen LogP contribution in [0.15, 0.2) is 24.3 Å². The third-order valence-corrected chi connectivity index (χ3v) is 4.15. The number of nitrogens with zero attached hydrogens (tertiary/aromatic N) is 1. The third-order valence-electron chi connectivity index (χ3n) is 3.78. The molecule has 1 aromatic rings. The van der Waals surface area contributed by atoms with Gasteiger partial charge in [0.1, 0.15) is 0 Å². The SMILES string of the molecule is CCCNC(=O)COC(=O)[C@H]1CC(=O)N(Cc2ccccc2Cl)C1. The van der Waals surface area contributed by atoms with Crippen LogP contribution in [0, 0.1) is 5.92 Å². The van der Waals surface area contributed by atoms with Crippen molar-refractivity contribution in [1.29, 1.82) is 0 Å². The molecule has 7 heteroatoms. The van der Waals surface area contributed by atoms with Crippen LogP contribution in [0.1, 0.15) is 25.3 Å².